The normalized spacial score (nSPS) is 23.1. The number of H-pyrrole nitrogens is 1. The lowest BCUT2D eigenvalue weighted by Crippen LogP contribution is -2.40. The van der Waals surface area contributed by atoms with Crippen molar-refractivity contribution >= 4 is 16.8 Å². The zero-order valence-corrected chi connectivity index (χ0v) is 17.0. The quantitative estimate of drug-likeness (QED) is 0.746. The molecule has 6 heteroatoms. The number of para-hydroxylation sites is 1. The van der Waals surface area contributed by atoms with Crippen LogP contribution in [0.25, 0.3) is 10.9 Å². The second-order valence-electron chi connectivity index (χ2n) is 8.44. The molecule has 0 radical (unpaired) electrons. The fourth-order valence-electron chi connectivity index (χ4n) is 5.30. The number of piperidine rings is 1. The number of fused-ring (bicyclic) bond motifs is 2. The number of hydrogen-bond acceptors (Lipinski definition) is 3. The number of likely N-dealkylation sites (tertiary alicyclic amines) is 1. The van der Waals surface area contributed by atoms with E-state index in [1.807, 2.05) is 35.6 Å². The summed E-state index contributed by atoms with van der Waals surface area (Å²) in [6.45, 7) is 3.35. The van der Waals surface area contributed by atoms with Gasteiger partial charge in [0.15, 0.2) is 0 Å². The number of aryl methyl sites for hydroxylation is 2. The molecule has 0 spiro atoms. The van der Waals surface area contributed by atoms with Gasteiger partial charge in [0, 0.05) is 43.5 Å². The van der Waals surface area contributed by atoms with E-state index in [9.17, 15) is 9.59 Å². The number of carbonyl (C=O) groups excluding carboxylic acids is 1. The molecule has 1 aromatic carbocycles. The maximum absolute atomic E-state index is 13.4. The van der Waals surface area contributed by atoms with Crippen LogP contribution >= 0.6 is 0 Å². The van der Waals surface area contributed by atoms with E-state index in [1.54, 1.807) is 19.5 Å². The highest BCUT2D eigenvalue weighted by molar-refractivity contribution is 6.07. The highest BCUT2D eigenvalue weighted by Gasteiger charge is 2.59. The van der Waals surface area contributed by atoms with Gasteiger partial charge in [0.25, 0.3) is 11.5 Å². The van der Waals surface area contributed by atoms with Gasteiger partial charge >= 0.3 is 0 Å². The summed E-state index contributed by atoms with van der Waals surface area (Å²) in [5, 5.41) is 0.495. The molecule has 2 atom stereocenters. The van der Waals surface area contributed by atoms with Crippen molar-refractivity contribution in [3.8, 4) is 5.75 Å². The highest BCUT2D eigenvalue weighted by Crippen LogP contribution is 2.61. The summed E-state index contributed by atoms with van der Waals surface area (Å²) in [6.07, 6.45) is 5.49. The minimum absolute atomic E-state index is 0.0489. The van der Waals surface area contributed by atoms with Gasteiger partial charge in [-0.2, -0.15) is 0 Å². The lowest BCUT2D eigenvalue weighted by Gasteiger charge is -2.32. The topological polar surface area (TPSA) is 67.3 Å². The number of aromatic amines is 1. The Balaban J connectivity index is 1.44. The highest BCUT2D eigenvalue weighted by atomic mass is 16.5. The molecule has 1 N–H and O–H groups in total. The lowest BCUT2D eigenvalue weighted by molar-refractivity contribution is 0.0708. The van der Waals surface area contributed by atoms with Gasteiger partial charge in [0.1, 0.15) is 5.75 Å². The van der Waals surface area contributed by atoms with Gasteiger partial charge < -0.3 is 19.2 Å². The van der Waals surface area contributed by atoms with E-state index in [2.05, 4.69) is 17.1 Å². The molecule has 2 unspecified atom stereocenters. The van der Waals surface area contributed by atoms with E-state index in [0.29, 0.717) is 23.4 Å². The van der Waals surface area contributed by atoms with Crippen LogP contribution in [0.2, 0.25) is 0 Å². The number of methoxy groups -OCH3 is 1. The molecular weight excluding hydrogens is 366 g/mol. The van der Waals surface area contributed by atoms with Crippen LogP contribution in [0.5, 0.6) is 5.75 Å². The van der Waals surface area contributed by atoms with Gasteiger partial charge in [0.05, 0.1) is 23.6 Å². The number of nitrogens with zero attached hydrogens (tertiary/aromatic N) is 2. The molecule has 6 nitrogen and oxygen atoms in total. The first kappa shape index (κ1) is 18.0. The molecule has 3 aromatic rings. The van der Waals surface area contributed by atoms with E-state index >= 15 is 0 Å². The third-order valence-electron chi connectivity index (χ3n) is 6.86. The number of nitrogens with one attached hydrogen (secondary N) is 1. The Morgan fingerprint density at radius 1 is 1.31 bits per heavy atom. The van der Waals surface area contributed by atoms with Crippen molar-refractivity contribution < 1.29 is 9.53 Å². The number of rotatable bonds is 3. The van der Waals surface area contributed by atoms with Crippen LogP contribution in [0.1, 0.15) is 34.3 Å². The Labute approximate surface area is 169 Å². The summed E-state index contributed by atoms with van der Waals surface area (Å²) < 4.78 is 7.47. The van der Waals surface area contributed by atoms with Gasteiger partial charge in [0.2, 0.25) is 0 Å². The number of benzene rings is 1. The number of ether oxygens (including phenoxy) is 1. The van der Waals surface area contributed by atoms with Crippen molar-refractivity contribution in [2.45, 2.75) is 25.2 Å². The molecule has 2 aliphatic rings. The molecule has 29 heavy (non-hydrogen) atoms. The van der Waals surface area contributed by atoms with Crippen LogP contribution in [0.15, 0.2) is 41.5 Å². The Kier molecular flexibility index (Phi) is 3.88. The van der Waals surface area contributed by atoms with Crippen molar-refractivity contribution in [3.63, 3.8) is 0 Å². The summed E-state index contributed by atoms with van der Waals surface area (Å²) in [4.78, 5) is 30.5. The fourth-order valence-corrected chi connectivity index (χ4v) is 5.30. The molecule has 150 valence electrons. The third-order valence-corrected chi connectivity index (χ3v) is 6.86. The monoisotopic (exact) mass is 391 g/mol. The van der Waals surface area contributed by atoms with Gasteiger partial charge in [-0.05, 0) is 37.3 Å². The fraction of sp³-hybridized carbons (Fsp3) is 0.391. The maximum atomic E-state index is 13.4. The Hall–Kier alpha value is -3.02. The number of carbonyl (C=O) groups is 1. The van der Waals surface area contributed by atoms with Crippen LogP contribution in [-0.4, -0.2) is 40.6 Å². The third kappa shape index (κ3) is 2.55. The van der Waals surface area contributed by atoms with E-state index < -0.39 is 0 Å². The smallest absolute Gasteiger partial charge is 0.258 e. The summed E-state index contributed by atoms with van der Waals surface area (Å²) in [5.74, 6) is 1.32. The summed E-state index contributed by atoms with van der Waals surface area (Å²) in [6, 6.07) is 8.23. The Bertz CT molecular complexity index is 1190. The van der Waals surface area contributed by atoms with Gasteiger partial charge in [-0.25, -0.2) is 0 Å². The van der Waals surface area contributed by atoms with Crippen LogP contribution in [0.3, 0.4) is 0 Å². The molecule has 3 heterocycles. The van der Waals surface area contributed by atoms with Crippen LogP contribution in [0.4, 0.5) is 0 Å². The predicted molar refractivity (Wildman–Crippen MR) is 112 cm³/mol. The number of aromatic nitrogens is 2. The molecule has 5 rings (SSSR count). The van der Waals surface area contributed by atoms with Gasteiger partial charge in [-0.15, -0.1) is 0 Å². The summed E-state index contributed by atoms with van der Waals surface area (Å²) in [7, 11) is 3.60. The minimum Gasteiger partial charge on any atom is -0.496 e. The van der Waals surface area contributed by atoms with E-state index in [-0.39, 0.29) is 16.9 Å². The molecule has 0 bridgehead atoms. The number of amides is 1. The molecule has 1 saturated heterocycles. The number of pyridine rings is 1. The lowest BCUT2D eigenvalue weighted by atomic mass is 9.86. The van der Waals surface area contributed by atoms with Crippen molar-refractivity contribution in [1.29, 1.82) is 0 Å². The SMILES string of the molecule is COc1ccccc1C12CCN(C(=O)c3cn(C)c4c(C)c[nH]c(=O)c34)CC1C2. The average Bonchev–Trinajstić information content (AvgIpc) is 3.37. The maximum Gasteiger partial charge on any atom is 0.258 e. The summed E-state index contributed by atoms with van der Waals surface area (Å²) in [5.41, 5.74) is 3.45. The zero-order chi connectivity index (χ0) is 20.3. The second kappa shape index (κ2) is 6.24. The first-order valence-electron chi connectivity index (χ1n) is 10.1. The number of hydrogen-bond donors (Lipinski definition) is 1. The van der Waals surface area contributed by atoms with E-state index in [1.165, 1.54) is 5.56 Å². The Morgan fingerprint density at radius 3 is 2.86 bits per heavy atom. The Morgan fingerprint density at radius 2 is 2.10 bits per heavy atom. The van der Waals surface area contributed by atoms with Crippen molar-refractivity contribution in [2.24, 2.45) is 13.0 Å². The van der Waals surface area contributed by atoms with Crippen molar-refractivity contribution in [2.75, 3.05) is 20.2 Å². The van der Waals surface area contributed by atoms with E-state index in [0.717, 1.165) is 36.2 Å². The van der Waals surface area contributed by atoms with Gasteiger partial charge in [-0.1, -0.05) is 18.2 Å². The average molecular weight is 391 g/mol. The summed E-state index contributed by atoms with van der Waals surface area (Å²) >= 11 is 0. The van der Waals surface area contributed by atoms with E-state index in [4.69, 9.17) is 4.74 Å². The zero-order valence-electron chi connectivity index (χ0n) is 17.0. The van der Waals surface area contributed by atoms with Gasteiger partial charge in [-0.3, -0.25) is 9.59 Å². The predicted octanol–water partition coefficient (Wildman–Crippen LogP) is 2.99. The molecule has 1 aliphatic carbocycles. The molecule has 1 aliphatic heterocycles. The second-order valence-corrected chi connectivity index (χ2v) is 8.44. The van der Waals surface area contributed by atoms with Crippen LogP contribution in [0, 0.1) is 12.8 Å². The molecule has 1 saturated carbocycles. The van der Waals surface area contributed by atoms with Crippen LogP contribution < -0.4 is 10.3 Å². The van der Waals surface area contributed by atoms with Crippen molar-refractivity contribution in [1.82, 2.24) is 14.5 Å². The van der Waals surface area contributed by atoms with Crippen molar-refractivity contribution in [3.05, 3.63) is 63.7 Å². The standard InChI is InChI=1S/C23H25N3O3/c1-14-11-24-21(27)19-16(13-25(2)20(14)19)22(28)26-9-8-23(10-15(23)12-26)17-6-4-5-7-18(17)29-3/h4-7,11,13,15H,8-10,12H2,1-3H3,(H,24,27). The largest absolute Gasteiger partial charge is 0.496 e. The minimum atomic E-state index is -0.207. The first-order chi connectivity index (χ1) is 14.0. The molecular formula is C23H25N3O3. The molecule has 2 fully saturated rings. The first-order valence-corrected chi connectivity index (χ1v) is 10.1. The molecule has 2 aromatic heterocycles. The molecule has 1 amide bonds. The van der Waals surface area contributed by atoms with Crippen LogP contribution in [-0.2, 0) is 12.5 Å².